The first-order valence-corrected chi connectivity index (χ1v) is 6.27. The number of benzene rings is 1. The molecular weight excluding hydrogens is 234 g/mol. The predicted octanol–water partition coefficient (Wildman–Crippen LogP) is 2.99. The molecule has 0 aliphatic heterocycles. The second-order valence-corrected chi connectivity index (χ2v) is 4.63. The molecule has 1 atom stereocenters. The van der Waals surface area contributed by atoms with Crippen LogP contribution in [0.4, 0.5) is 0 Å². The molecule has 3 heteroatoms. The minimum absolute atomic E-state index is 0.215. The van der Waals surface area contributed by atoms with E-state index in [1.165, 1.54) is 0 Å². The van der Waals surface area contributed by atoms with Crippen molar-refractivity contribution in [1.82, 2.24) is 9.97 Å². The fourth-order valence-electron chi connectivity index (χ4n) is 2.39. The molecule has 2 aromatic heterocycles. The van der Waals surface area contributed by atoms with E-state index in [0.717, 1.165) is 27.6 Å². The summed E-state index contributed by atoms with van der Waals surface area (Å²) < 4.78 is 0. The van der Waals surface area contributed by atoms with E-state index in [0.29, 0.717) is 0 Å². The zero-order chi connectivity index (χ0) is 13.2. The molecule has 0 fully saturated rings. The molecule has 0 bridgehead atoms. The van der Waals surface area contributed by atoms with Crippen molar-refractivity contribution in [3.63, 3.8) is 0 Å². The Morgan fingerprint density at radius 2 is 1.95 bits per heavy atom. The smallest absolute Gasteiger partial charge is 0.0735 e. The van der Waals surface area contributed by atoms with Gasteiger partial charge in [-0.05, 0) is 35.6 Å². The highest BCUT2D eigenvalue weighted by Crippen LogP contribution is 2.27. The highest BCUT2D eigenvalue weighted by atomic mass is 14.8. The zero-order valence-electron chi connectivity index (χ0n) is 10.7. The van der Waals surface area contributed by atoms with Crippen LogP contribution in [0.5, 0.6) is 0 Å². The zero-order valence-corrected chi connectivity index (χ0v) is 10.7. The molecule has 19 heavy (non-hydrogen) atoms. The van der Waals surface area contributed by atoms with Crippen molar-refractivity contribution in [1.29, 1.82) is 0 Å². The standard InChI is InChI=1S/C16H15N3/c1-11-4-3-8-19-16(11)15(17)14-6-2-5-12-10-18-9-7-13(12)14/h2-10,15H,17H2,1H3. The van der Waals surface area contributed by atoms with E-state index in [1.54, 1.807) is 12.4 Å². The van der Waals surface area contributed by atoms with E-state index in [2.05, 4.69) is 16.0 Å². The minimum Gasteiger partial charge on any atom is -0.319 e. The summed E-state index contributed by atoms with van der Waals surface area (Å²) in [7, 11) is 0. The minimum atomic E-state index is -0.215. The third kappa shape index (κ3) is 2.09. The van der Waals surface area contributed by atoms with Crippen molar-refractivity contribution in [2.24, 2.45) is 5.73 Å². The second-order valence-electron chi connectivity index (χ2n) is 4.63. The highest BCUT2D eigenvalue weighted by molar-refractivity contribution is 5.85. The van der Waals surface area contributed by atoms with E-state index in [9.17, 15) is 0 Å². The van der Waals surface area contributed by atoms with Crippen molar-refractivity contribution in [3.05, 3.63) is 71.8 Å². The summed E-state index contributed by atoms with van der Waals surface area (Å²) in [4.78, 5) is 8.57. The average molecular weight is 249 g/mol. The summed E-state index contributed by atoms with van der Waals surface area (Å²) in [6, 6.07) is 11.9. The van der Waals surface area contributed by atoms with Gasteiger partial charge in [-0.3, -0.25) is 9.97 Å². The molecule has 0 saturated heterocycles. The number of pyridine rings is 2. The molecule has 1 aromatic carbocycles. The van der Waals surface area contributed by atoms with Crippen molar-refractivity contribution < 1.29 is 0 Å². The molecule has 3 nitrogen and oxygen atoms in total. The van der Waals surface area contributed by atoms with Gasteiger partial charge in [0.05, 0.1) is 11.7 Å². The van der Waals surface area contributed by atoms with Crippen LogP contribution in [0.1, 0.15) is 22.9 Å². The number of nitrogens with two attached hydrogens (primary N) is 1. The lowest BCUT2D eigenvalue weighted by Crippen LogP contribution is -2.15. The van der Waals surface area contributed by atoms with Crippen molar-refractivity contribution >= 4 is 10.8 Å². The van der Waals surface area contributed by atoms with Crippen LogP contribution in [0.25, 0.3) is 10.8 Å². The van der Waals surface area contributed by atoms with Gasteiger partial charge in [0.15, 0.2) is 0 Å². The molecule has 0 spiro atoms. The van der Waals surface area contributed by atoms with Gasteiger partial charge in [-0.15, -0.1) is 0 Å². The number of aromatic nitrogens is 2. The molecule has 0 radical (unpaired) electrons. The van der Waals surface area contributed by atoms with E-state index >= 15 is 0 Å². The first kappa shape index (κ1) is 11.8. The van der Waals surface area contributed by atoms with Crippen molar-refractivity contribution in [3.8, 4) is 0 Å². The summed E-state index contributed by atoms with van der Waals surface area (Å²) in [6.45, 7) is 2.04. The van der Waals surface area contributed by atoms with Crippen LogP contribution in [0.2, 0.25) is 0 Å². The SMILES string of the molecule is Cc1cccnc1C(N)c1cccc2cnccc12. The third-order valence-electron chi connectivity index (χ3n) is 3.39. The predicted molar refractivity (Wildman–Crippen MR) is 76.7 cm³/mol. The molecule has 0 amide bonds. The molecule has 0 aliphatic carbocycles. The summed E-state index contributed by atoms with van der Waals surface area (Å²) in [5.41, 5.74) is 9.52. The van der Waals surface area contributed by atoms with Crippen LogP contribution in [0.15, 0.2) is 55.0 Å². The fourth-order valence-corrected chi connectivity index (χ4v) is 2.39. The number of rotatable bonds is 2. The van der Waals surface area contributed by atoms with E-state index in [-0.39, 0.29) is 6.04 Å². The van der Waals surface area contributed by atoms with Gasteiger partial charge < -0.3 is 5.73 Å². The Morgan fingerprint density at radius 1 is 1.05 bits per heavy atom. The maximum atomic E-state index is 6.40. The lowest BCUT2D eigenvalue weighted by Gasteiger charge is -2.16. The van der Waals surface area contributed by atoms with E-state index < -0.39 is 0 Å². The van der Waals surface area contributed by atoms with Gasteiger partial charge in [0, 0.05) is 24.0 Å². The summed E-state index contributed by atoms with van der Waals surface area (Å²) in [5.74, 6) is 0. The van der Waals surface area contributed by atoms with Crippen LogP contribution >= 0.6 is 0 Å². The molecule has 3 rings (SSSR count). The van der Waals surface area contributed by atoms with Crippen LogP contribution < -0.4 is 5.73 Å². The molecule has 3 aromatic rings. The normalized spacial score (nSPS) is 12.5. The first-order chi connectivity index (χ1) is 9.27. The van der Waals surface area contributed by atoms with Crippen molar-refractivity contribution in [2.45, 2.75) is 13.0 Å². The van der Waals surface area contributed by atoms with Crippen molar-refractivity contribution in [2.75, 3.05) is 0 Å². The Morgan fingerprint density at radius 3 is 2.79 bits per heavy atom. The van der Waals surface area contributed by atoms with Gasteiger partial charge in [-0.1, -0.05) is 24.3 Å². The number of nitrogens with zero attached hydrogens (tertiary/aromatic N) is 2. The lowest BCUT2D eigenvalue weighted by molar-refractivity contribution is 0.825. The van der Waals surface area contributed by atoms with E-state index in [4.69, 9.17) is 5.73 Å². The summed E-state index contributed by atoms with van der Waals surface area (Å²) in [5, 5.41) is 2.24. The van der Waals surface area contributed by atoms with Crippen LogP contribution in [0.3, 0.4) is 0 Å². The molecule has 94 valence electrons. The van der Waals surface area contributed by atoms with E-state index in [1.807, 2.05) is 43.5 Å². The second kappa shape index (κ2) is 4.78. The Balaban J connectivity index is 2.17. The average Bonchev–Trinajstić information content (AvgIpc) is 2.46. The number of fused-ring (bicyclic) bond motifs is 1. The number of hydrogen-bond acceptors (Lipinski definition) is 3. The molecule has 2 heterocycles. The van der Waals surface area contributed by atoms with Gasteiger partial charge in [0.1, 0.15) is 0 Å². The van der Waals surface area contributed by atoms with Gasteiger partial charge in [-0.2, -0.15) is 0 Å². The largest absolute Gasteiger partial charge is 0.319 e. The fraction of sp³-hybridized carbons (Fsp3) is 0.125. The van der Waals surface area contributed by atoms with Gasteiger partial charge in [0.2, 0.25) is 0 Å². The van der Waals surface area contributed by atoms with Crippen LogP contribution in [0, 0.1) is 6.92 Å². The lowest BCUT2D eigenvalue weighted by atomic mass is 9.96. The van der Waals surface area contributed by atoms with Gasteiger partial charge in [0.25, 0.3) is 0 Å². The Labute approximate surface area is 112 Å². The Bertz CT molecular complexity index is 717. The van der Waals surface area contributed by atoms with Gasteiger partial charge in [-0.25, -0.2) is 0 Å². The third-order valence-corrected chi connectivity index (χ3v) is 3.39. The van der Waals surface area contributed by atoms with Gasteiger partial charge >= 0.3 is 0 Å². The molecule has 1 unspecified atom stereocenters. The highest BCUT2D eigenvalue weighted by Gasteiger charge is 2.14. The molecular formula is C16H15N3. The summed E-state index contributed by atoms with van der Waals surface area (Å²) >= 11 is 0. The summed E-state index contributed by atoms with van der Waals surface area (Å²) in [6.07, 6.45) is 5.44. The molecule has 0 aliphatic rings. The Hall–Kier alpha value is -2.26. The van der Waals surface area contributed by atoms with Crippen LogP contribution in [-0.4, -0.2) is 9.97 Å². The quantitative estimate of drug-likeness (QED) is 0.759. The maximum absolute atomic E-state index is 6.40. The number of aryl methyl sites for hydroxylation is 1. The molecule has 2 N–H and O–H groups in total. The number of hydrogen-bond donors (Lipinski definition) is 1. The van der Waals surface area contributed by atoms with Crippen LogP contribution in [-0.2, 0) is 0 Å². The Kier molecular flexibility index (Phi) is 2.97. The maximum Gasteiger partial charge on any atom is 0.0735 e. The molecule has 0 saturated carbocycles. The monoisotopic (exact) mass is 249 g/mol. The topological polar surface area (TPSA) is 51.8 Å². The first-order valence-electron chi connectivity index (χ1n) is 6.27.